The number of hydrogen-bond donors (Lipinski definition) is 3. The number of esters is 1. The van der Waals surface area contributed by atoms with Gasteiger partial charge in [-0.2, -0.15) is 0 Å². The van der Waals surface area contributed by atoms with E-state index >= 15 is 0 Å². The highest BCUT2D eigenvalue weighted by atomic mass is 32.2. The quantitative estimate of drug-likeness (QED) is 0.0674. The van der Waals surface area contributed by atoms with Crippen LogP contribution in [0.25, 0.3) is 6.08 Å². The molecule has 278 valence electrons. The first kappa shape index (κ1) is 38.9. The number of thioether (sulfide) groups is 1. The molecule has 1 heterocycles. The zero-order valence-corrected chi connectivity index (χ0v) is 32.1. The van der Waals surface area contributed by atoms with E-state index in [-0.39, 0.29) is 18.2 Å². The number of carbonyl (C=O) groups is 4. The van der Waals surface area contributed by atoms with Crippen molar-refractivity contribution in [2.24, 2.45) is 5.92 Å². The smallest absolute Gasteiger partial charge is 0.341 e. The van der Waals surface area contributed by atoms with E-state index in [1.54, 1.807) is 74.5 Å². The van der Waals surface area contributed by atoms with Crippen molar-refractivity contribution in [3.05, 3.63) is 99.6 Å². The van der Waals surface area contributed by atoms with Crippen LogP contribution in [0.5, 0.6) is 17.2 Å². The Morgan fingerprint density at radius 2 is 1.66 bits per heavy atom. The lowest BCUT2D eigenvalue weighted by atomic mass is 9.88. The SMILES string of the molecule is CCOC(=O)c1c(NC(=O)C(C)Sc2cccc(NC(=O)/C(=C\c3cc(OC)c(OC)c(OC)c3)NC(=O)c3ccccc3)c2)sc2c1CCC(C)C2. The van der Waals surface area contributed by atoms with Crippen molar-refractivity contribution in [2.45, 2.75) is 50.2 Å². The number of benzene rings is 3. The van der Waals surface area contributed by atoms with Gasteiger partial charge in [0.1, 0.15) is 10.7 Å². The molecule has 0 saturated heterocycles. The first-order chi connectivity index (χ1) is 25.5. The fourth-order valence-corrected chi connectivity index (χ4v) is 8.20. The molecular formula is C40H43N3O8S2. The molecule has 5 rings (SSSR count). The molecule has 0 radical (unpaired) electrons. The van der Waals surface area contributed by atoms with Crippen molar-refractivity contribution in [3.63, 3.8) is 0 Å². The molecule has 3 N–H and O–H groups in total. The summed E-state index contributed by atoms with van der Waals surface area (Å²) in [7, 11) is 4.47. The van der Waals surface area contributed by atoms with Gasteiger partial charge >= 0.3 is 5.97 Å². The normalized spacial score (nSPS) is 14.3. The molecule has 53 heavy (non-hydrogen) atoms. The number of hydrogen-bond acceptors (Lipinski definition) is 10. The highest BCUT2D eigenvalue weighted by Crippen LogP contribution is 2.41. The van der Waals surface area contributed by atoms with Gasteiger partial charge in [0, 0.05) is 21.0 Å². The van der Waals surface area contributed by atoms with Gasteiger partial charge in [-0.05, 0) is 98.7 Å². The average Bonchev–Trinajstić information content (AvgIpc) is 3.51. The summed E-state index contributed by atoms with van der Waals surface area (Å²) in [4.78, 5) is 55.3. The molecule has 0 saturated carbocycles. The first-order valence-electron chi connectivity index (χ1n) is 17.1. The highest BCUT2D eigenvalue weighted by molar-refractivity contribution is 8.00. The number of methoxy groups -OCH3 is 3. The Balaban J connectivity index is 1.35. The second-order valence-electron chi connectivity index (χ2n) is 12.3. The van der Waals surface area contributed by atoms with Crippen LogP contribution in [0.1, 0.15) is 63.9 Å². The number of amides is 3. The summed E-state index contributed by atoms with van der Waals surface area (Å²) in [5.41, 5.74) is 2.72. The average molecular weight is 758 g/mol. The van der Waals surface area contributed by atoms with E-state index in [2.05, 4.69) is 22.9 Å². The van der Waals surface area contributed by atoms with Gasteiger partial charge in [-0.3, -0.25) is 14.4 Å². The molecule has 3 amide bonds. The summed E-state index contributed by atoms with van der Waals surface area (Å²) in [5, 5.41) is 8.58. The molecule has 13 heteroatoms. The van der Waals surface area contributed by atoms with Gasteiger partial charge in [-0.1, -0.05) is 31.2 Å². The Morgan fingerprint density at radius 3 is 2.32 bits per heavy atom. The second kappa shape index (κ2) is 18.0. The van der Waals surface area contributed by atoms with Gasteiger partial charge in [0.05, 0.1) is 38.7 Å². The van der Waals surface area contributed by atoms with Gasteiger partial charge in [0.25, 0.3) is 11.8 Å². The second-order valence-corrected chi connectivity index (χ2v) is 14.9. The van der Waals surface area contributed by atoms with Crippen LogP contribution in [0.2, 0.25) is 0 Å². The molecule has 1 aromatic heterocycles. The van der Waals surface area contributed by atoms with E-state index in [0.29, 0.717) is 50.5 Å². The third-order valence-electron chi connectivity index (χ3n) is 8.53. The number of anilines is 2. The van der Waals surface area contributed by atoms with Crippen LogP contribution in [0.15, 0.2) is 77.3 Å². The minimum Gasteiger partial charge on any atom is -0.493 e. The van der Waals surface area contributed by atoms with Crippen molar-refractivity contribution in [3.8, 4) is 17.2 Å². The summed E-state index contributed by atoms with van der Waals surface area (Å²) in [6.07, 6.45) is 4.12. The van der Waals surface area contributed by atoms with Crippen LogP contribution in [0.4, 0.5) is 10.7 Å². The Morgan fingerprint density at radius 1 is 0.943 bits per heavy atom. The number of fused-ring (bicyclic) bond motifs is 1. The minimum absolute atomic E-state index is 0.0376. The fourth-order valence-electron chi connectivity index (χ4n) is 5.87. The molecule has 2 atom stereocenters. The van der Waals surface area contributed by atoms with E-state index < -0.39 is 23.0 Å². The predicted octanol–water partition coefficient (Wildman–Crippen LogP) is 7.60. The highest BCUT2D eigenvalue weighted by Gasteiger charge is 2.30. The molecule has 0 bridgehead atoms. The van der Waals surface area contributed by atoms with Gasteiger partial charge in [-0.15, -0.1) is 23.1 Å². The van der Waals surface area contributed by atoms with E-state index in [0.717, 1.165) is 34.6 Å². The van der Waals surface area contributed by atoms with E-state index in [1.165, 1.54) is 50.5 Å². The standard InChI is InChI=1S/C40H43N3O8S2/c1-7-51-40(47)34-29-17-16-23(2)18-33(29)53-39(34)43-36(44)24(3)52-28-15-11-14-27(22-28)41-38(46)30(42-37(45)26-12-9-8-10-13-26)19-25-20-31(48-4)35(50-6)32(21-25)49-5/h8-15,19-24H,7,16-18H2,1-6H3,(H,41,46)(H,42,45)(H,43,44)/b30-19+. The lowest BCUT2D eigenvalue weighted by Gasteiger charge is -2.18. The minimum atomic E-state index is -0.585. The molecule has 4 aromatic rings. The number of ether oxygens (including phenoxy) is 4. The van der Waals surface area contributed by atoms with Crippen LogP contribution >= 0.6 is 23.1 Å². The number of thiophene rings is 1. The molecule has 3 aromatic carbocycles. The van der Waals surface area contributed by atoms with Crippen molar-refractivity contribution in [1.29, 1.82) is 0 Å². The third kappa shape index (κ3) is 9.59. The Kier molecular flexibility index (Phi) is 13.2. The van der Waals surface area contributed by atoms with Gasteiger partial charge in [0.15, 0.2) is 11.5 Å². The van der Waals surface area contributed by atoms with Crippen LogP contribution in [0.3, 0.4) is 0 Å². The maximum Gasteiger partial charge on any atom is 0.341 e. The Bertz CT molecular complexity index is 1980. The monoisotopic (exact) mass is 757 g/mol. The summed E-state index contributed by atoms with van der Waals surface area (Å²) in [6.45, 7) is 5.98. The zero-order chi connectivity index (χ0) is 38.1. The summed E-state index contributed by atoms with van der Waals surface area (Å²) in [5.74, 6) is -0.108. The van der Waals surface area contributed by atoms with E-state index in [1.807, 2.05) is 6.07 Å². The van der Waals surface area contributed by atoms with Crippen molar-refractivity contribution < 1.29 is 38.1 Å². The number of rotatable bonds is 14. The van der Waals surface area contributed by atoms with Gasteiger partial charge < -0.3 is 34.9 Å². The van der Waals surface area contributed by atoms with Crippen LogP contribution in [-0.2, 0) is 27.2 Å². The maximum atomic E-state index is 13.8. The Hall–Kier alpha value is -5.27. The fraction of sp³-hybridized carbons (Fsp3) is 0.300. The van der Waals surface area contributed by atoms with Crippen molar-refractivity contribution >= 4 is 63.6 Å². The van der Waals surface area contributed by atoms with Crippen molar-refractivity contribution in [1.82, 2.24) is 5.32 Å². The lowest BCUT2D eigenvalue weighted by Crippen LogP contribution is -2.30. The van der Waals surface area contributed by atoms with Gasteiger partial charge in [-0.25, -0.2) is 4.79 Å². The van der Waals surface area contributed by atoms with Crippen molar-refractivity contribution in [2.75, 3.05) is 38.6 Å². The predicted molar refractivity (Wildman–Crippen MR) is 208 cm³/mol. The molecular weight excluding hydrogens is 715 g/mol. The maximum absolute atomic E-state index is 13.8. The molecule has 0 fully saturated rings. The summed E-state index contributed by atoms with van der Waals surface area (Å²) >= 11 is 2.75. The topological polar surface area (TPSA) is 141 Å². The van der Waals surface area contributed by atoms with E-state index in [4.69, 9.17) is 18.9 Å². The van der Waals surface area contributed by atoms with E-state index in [9.17, 15) is 19.2 Å². The molecule has 2 unspecified atom stereocenters. The largest absolute Gasteiger partial charge is 0.493 e. The number of nitrogens with one attached hydrogen (secondary N) is 3. The Labute approximate surface area is 317 Å². The first-order valence-corrected chi connectivity index (χ1v) is 18.8. The summed E-state index contributed by atoms with van der Waals surface area (Å²) < 4.78 is 21.7. The van der Waals surface area contributed by atoms with Crippen LogP contribution in [0, 0.1) is 5.92 Å². The number of carbonyl (C=O) groups excluding carboxylic acids is 4. The third-order valence-corrected chi connectivity index (χ3v) is 10.8. The molecule has 1 aliphatic carbocycles. The zero-order valence-electron chi connectivity index (χ0n) is 30.5. The van der Waals surface area contributed by atoms with Crippen LogP contribution < -0.4 is 30.2 Å². The summed E-state index contributed by atoms with van der Waals surface area (Å²) in [6, 6.07) is 18.9. The molecule has 1 aliphatic rings. The molecule has 11 nitrogen and oxygen atoms in total. The molecule has 0 aliphatic heterocycles. The van der Waals surface area contributed by atoms with Crippen LogP contribution in [-0.4, -0.2) is 56.9 Å². The van der Waals surface area contributed by atoms with Gasteiger partial charge in [0.2, 0.25) is 11.7 Å². The molecule has 0 spiro atoms. The lowest BCUT2D eigenvalue weighted by molar-refractivity contribution is -0.115.